The molecule has 0 amide bonds. The van der Waals surface area contributed by atoms with E-state index in [0.29, 0.717) is 0 Å². The summed E-state index contributed by atoms with van der Waals surface area (Å²) in [6, 6.07) is 20.7. The zero-order valence-corrected chi connectivity index (χ0v) is 11.2. The van der Waals surface area contributed by atoms with E-state index in [1.807, 2.05) is 48.8 Å². The van der Waals surface area contributed by atoms with Gasteiger partial charge in [-0.2, -0.15) is 0 Å². The van der Waals surface area contributed by atoms with Gasteiger partial charge in [0.25, 0.3) is 0 Å². The van der Waals surface area contributed by atoms with E-state index in [0.717, 1.165) is 24.2 Å². The molecule has 0 fully saturated rings. The molecule has 0 bridgehead atoms. The Morgan fingerprint density at radius 1 is 0.550 bits per heavy atom. The van der Waals surface area contributed by atoms with Crippen molar-refractivity contribution in [1.29, 1.82) is 0 Å². The van der Waals surface area contributed by atoms with Gasteiger partial charge in [0.2, 0.25) is 0 Å². The molecule has 0 radical (unpaired) electrons. The summed E-state index contributed by atoms with van der Waals surface area (Å²) in [7, 11) is 0. The van der Waals surface area contributed by atoms with Crippen molar-refractivity contribution in [1.82, 2.24) is 9.97 Å². The number of nitrogens with zero attached hydrogens (tertiary/aromatic N) is 2. The van der Waals surface area contributed by atoms with E-state index in [-0.39, 0.29) is 0 Å². The van der Waals surface area contributed by atoms with Crippen molar-refractivity contribution in [2.24, 2.45) is 0 Å². The smallest absolute Gasteiger partial charge is 0.0630 e. The van der Waals surface area contributed by atoms with Gasteiger partial charge in [-0.1, -0.05) is 60.7 Å². The third-order valence-corrected chi connectivity index (χ3v) is 3.21. The average Bonchev–Trinajstić information content (AvgIpc) is 2.51. The van der Waals surface area contributed by atoms with Crippen molar-refractivity contribution in [3.05, 3.63) is 95.6 Å². The van der Waals surface area contributed by atoms with Gasteiger partial charge in [0.15, 0.2) is 0 Å². The summed E-state index contributed by atoms with van der Waals surface area (Å²) < 4.78 is 0. The average molecular weight is 260 g/mol. The predicted octanol–water partition coefficient (Wildman–Crippen LogP) is 3.66. The zero-order valence-electron chi connectivity index (χ0n) is 11.2. The van der Waals surface area contributed by atoms with Crippen LogP contribution in [-0.2, 0) is 12.8 Å². The van der Waals surface area contributed by atoms with Gasteiger partial charge in [-0.15, -0.1) is 0 Å². The molecule has 2 nitrogen and oxygen atoms in total. The van der Waals surface area contributed by atoms with E-state index >= 15 is 0 Å². The third kappa shape index (κ3) is 3.29. The van der Waals surface area contributed by atoms with Gasteiger partial charge < -0.3 is 0 Å². The fourth-order valence-electron chi connectivity index (χ4n) is 2.17. The van der Waals surface area contributed by atoms with Crippen molar-refractivity contribution < 1.29 is 0 Å². The first kappa shape index (κ1) is 12.5. The lowest BCUT2D eigenvalue weighted by Crippen LogP contribution is -1.98. The van der Waals surface area contributed by atoms with Crippen LogP contribution in [0.1, 0.15) is 22.5 Å². The molecule has 0 saturated carbocycles. The molecule has 3 aromatic rings. The molecular formula is C18H16N2. The monoisotopic (exact) mass is 260 g/mol. The van der Waals surface area contributed by atoms with Crippen molar-refractivity contribution >= 4 is 0 Å². The molecule has 0 saturated heterocycles. The highest BCUT2D eigenvalue weighted by molar-refractivity contribution is 5.23. The Morgan fingerprint density at radius 3 is 1.30 bits per heavy atom. The standard InChI is InChI=1S/C18H16N2/c1-3-7-15(8-4-1)11-17-13-20-18(14-19-17)12-16-9-5-2-6-10-16/h1-10,13-14H,11-12H2. The molecule has 0 unspecified atom stereocenters. The summed E-state index contributed by atoms with van der Waals surface area (Å²) in [5.41, 5.74) is 4.54. The lowest BCUT2D eigenvalue weighted by molar-refractivity contribution is 0.967. The Bertz CT molecular complexity index is 586. The molecule has 0 aliphatic heterocycles. The van der Waals surface area contributed by atoms with Crippen LogP contribution in [0.25, 0.3) is 0 Å². The molecule has 1 aromatic heterocycles. The zero-order chi connectivity index (χ0) is 13.6. The summed E-state index contributed by atoms with van der Waals surface area (Å²) >= 11 is 0. The third-order valence-electron chi connectivity index (χ3n) is 3.21. The Labute approximate surface area is 119 Å². The van der Waals surface area contributed by atoms with Crippen LogP contribution in [-0.4, -0.2) is 9.97 Å². The van der Waals surface area contributed by atoms with Crippen LogP contribution >= 0.6 is 0 Å². The van der Waals surface area contributed by atoms with Gasteiger partial charge >= 0.3 is 0 Å². The van der Waals surface area contributed by atoms with Crippen molar-refractivity contribution in [2.45, 2.75) is 12.8 Å². The minimum absolute atomic E-state index is 0.833. The first-order valence-corrected chi connectivity index (χ1v) is 6.78. The molecule has 0 N–H and O–H groups in total. The second-order valence-electron chi connectivity index (χ2n) is 4.82. The Morgan fingerprint density at radius 2 is 0.950 bits per heavy atom. The van der Waals surface area contributed by atoms with Gasteiger partial charge in [-0.05, 0) is 11.1 Å². The van der Waals surface area contributed by atoms with Crippen LogP contribution < -0.4 is 0 Å². The van der Waals surface area contributed by atoms with E-state index in [1.165, 1.54) is 11.1 Å². The molecule has 1 heterocycles. The number of benzene rings is 2. The number of hydrogen-bond acceptors (Lipinski definition) is 2. The van der Waals surface area contributed by atoms with E-state index < -0.39 is 0 Å². The topological polar surface area (TPSA) is 25.8 Å². The molecule has 2 aromatic carbocycles. The fraction of sp³-hybridized carbons (Fsp3) is 0.111. The predicted molar refractivity (Wildman–Crippen MR) is 80.5 cm³/mol. The summed E-state index contributed by atoms with van der Waals surface area (Å²) in [6.07, 6.45) is 5.43. The lowest BCUT2D eigenvalue weighted by atomic mass is 10.1. The molecule has 98 valence electrons. The summed E-state index contributed by atoms with van der Waals surface area (Å²) in [5, 5.41) is 0. The van der Waals surface area contributed by atoms with Crippen molar-refractivity contribution in [3.8, 4) is 0 Å². The molecule has 0 aliphatic carbocycles. The highest BCUT2D eigenvalue weighted by Crippen LogP contribution is 2.09. The second-order valence-corrected chi connectivity index (χ2v) is 4.82. The first-order valence-electron chi connectivity index (χ1n) is 6.78. The highest BCUT2D eigenvalue weighted by Gasteiger charge is 2.00. The minimum atomic E-state index is 0.833. The minimum Gasteiger partial charge on any atom is -0.257 e. The molecule has 0 aliphatic rings. The van der Waals surface area contributed by atoms with Crippen LogP contribution in [0.5, 0.6) is 0 Å². The molecular weight excluding hydrogens is 244 g/mol. The fourth-order valence-corrected chi connectivity index (χ4v) is 2.17. The Hall–Kier alpha value is -2.48. The van der Waals surface area contributed by atoms with E-state index in [2.05, 4.69) is 34.2 Å². The van der Waals surface area contributed by atoms with Crippen LogP contribution in [0.15, 0.2) is 73.1 Å². The summed E-state index contributed by atoms with van der Waals surface area (Å²) in [5.74, 6) is 0. The Balaban J connectivity index is 1.69. The summed E-state index contributed by atoms with van der Waals surface area (Å²) in [6.45, 7) is 0. The maximum absolute atomic E-state index is 4.51. The normalized spacial score (nSPS) is 10.4. The number of aromatic nitrogens is 2. The maximum Gasteiger partial charge on any atom is 0.0630 e. The SMILES string of the molecule is c1ccc(Cc2cnc(Cc3ccccc3)cn2)cc1. The van der Waals surface area contributed by atoms with Crippen LogP contribution in [0.3, 0.4) is 0 Å². The van der Waals surface area contributed by atoms with Gasteiger partial charge in [-0.25, -0.2) is 0 Å². The number of rotatable bonds is 4. The molecule has 2 heteroatoms. The first-order chi connectivity index (χ1) is 9.90. The van der Waals surface area contributed by atoms with E-state index in [1.54, 1.807) is 0 Å². The van der Waals surface area contributed by atoms with Crippen LogP contribution in [0, 0.1) is 0 Å². The lowest BCUT2D eigenvalue weighted by Gasteiger charge is -2.03. The maximum atomic E-state index is 4.51. The van der Waals surface area contributed by atoms with Gasteiger partial charge in [0.05, 0.1) is 11.4 Å². The van der Waals surface area contributed by atoms with Gasteiger partial charge in [0, 0.05) is 25.2 Å². The van der Waals surface area contributed by atoms with Crippen molar-refractivity contribution in [3.63, 3.8) is 0 Å². The second kappa shape index (κ2) is 6.11. The Kier molecular flexibility index (Phi) is 3.83. The largest absolute Gasteiger partial charge is 0.257 e. The highest BCUT2D eigenvalue weighted by atomic mass is 14.8. The van der Waals surface area contributed by atoms with E-state index in [9.17, 15) is 0 Å². The molecule has 3 rings (SSSR count). The number of hydrogen-bond donors (Lipinski definition) is 0. The van der Waals surface area contributed by atoms with Crippen LogP contribution in [0.4, 0.5) is 0 Å². The molecule has 20 heavy (non-hydrogen) atoms. The molecule has 0 spiro atoms. The van der Waals surface area contributed by atoms with Gasteiger partial charge in [0.1, 0.15) is 0 Å². The van der Waals surface area contributed by atoms with Crippen LogP contribution in [0.2, 0.25) is 0 Å². The summed E-state index contributed by atoms with van der Waals surface area (Å²) in [4.78, 5) is 9.02. The van der Waals surface area contributed by atoms with E-state index in [4.69, 9.17) is 0 Å². The van der Waals surface area contributed by atoms with Gasteiger partial charge in [-0.3, -0.25) is 9.97 Å². The quantitative estimate of drug-likeness (QED) is 0.715. The van der Waals surface area contributed by atoms with Crippen molar-refractivity contribution in [2.75, 3.05) is 0 Å². The molecule has 0 atom stereocenters.